The van der Waals surface area contributed by atoms with Crippen molar-refractivity contribution in [3.8, 4) is 22.3 Å². The Hall–Kier alpha value is -3.70. The van der Waals surface area contributed by atoms with E-state index in [9.17, 15) is 17.6 Å². The molecule has 0 N–H and O–H groups in total. The van der Waals surface area contributed by atoms with E-state index in [2.05, 4.69) is 0 Å². The largest absolute Gasteiger partial charge is 0.368 e. The van der Waals surface area contributed by atoms with Gasteiger partial charge in [0, 0.05) is 22.3 Å². The van der Waals surface area contributed by atoms with Crippen molar-refractivity contribution in [2.45, 2.75) is 19.4 Å². The van der Waals surface area contributed by atoms with Gasteiger partial charge in [0.05, 0.1) is 6.61 Å². The lowest BCUT2D eigenvalue weighted by Gasteiger charge is -2.08. The number of halogens is 4. The summed E-state index contributed by atoms with van der Waals surface area (Å²) in [6.07, 6.45) is 3.63. The molecule has 5 rings (SSSR count). The summed E-state index contributed by atoms with van der Waals surface area (Å²) in [5.41, 5.74) is 3.66. The van der Waals surface area contributed by atoms with Crippen LogP contribution in [-0.2, 0) is 11.2 Å². The van der Waals surface area contributed by atoms with Crippen LogP contribution < -0.4 is 0 Å². The summed E-state index contributed by atoms with van der Waals surface area (Å²) in [6, 6.07) is 20.3. The second-order valence-electron chi connectivity index (χ2n) is 8.49. The van der Waals surface area contributed by atoms with Gasteiger partial charge in [-0.15, -0.1) is 0 Å². The average molecular weight is 474 g/mol. The Bertz CT molecular complexity index is 1400. The minimum Gasteiger partial charge on any atom is -0.368 e. The lowest BCUT2D eigenvalue weighted by molar-refractivity contribution is 0.401. The zero-order chi connectivity index (χ0) is 24.5. The molecule has 176 valence electrons. The molecule has 0 radical (unpaired) electrons. The molecule has 1 aliphatic rings. The second-order valence-corrected chi connectivity index (χ2v) is 8.49. The SMILES string of the molecule is CCc1ccc(-c2ccc(/C=C/c3ccc(-c4ccc(C5CO5)c(F)c4F)cc3)c(F)c2F)cc1. The number of benzene rings is 4. The Kier molecular flexibility index (Phi) is 6.27. The zero-order valence-corrected chi connectivity index (χ0v) is 19.0. The summed E-state index contributed by atoms with van der Waals surface area (Å²) in [5, 5.41) is 0. The molecule has 1 heterocycles. The molecule has 4 aromatic carbocycles. The molecule has 4 aromatic rings. The molecule has 1 unspecified atom stereocenters. The monoisotopic (exact) mass is 474 g/mol. The fraction of sp³-hybridized carbons (Fsp3) is 0.133. The molecule has 1 nitrogen and oxygen atoms in total. The van der Waals surface area contributed by atoms with Gasteiger partial charge in [-0.25, -0.2) is 17.6 Å². The van der Waals surface area contributed by atoms with Gasteiger partial charge in [0.25, 0.3) is 0 Å². The smallest absolute Gasteiger partial charge is 0.167 e. The molecular weight excluding hydrogens is 452 g/mol. The number of ether oxygens (including phenoxy) is 1. The van der Waals surface area contributed by atoms with Crippen molar-refractivity contribution in [2.75, 3.05) is 6.61 Å². The van der Waals surface area contributed by atoms with Crippen molar-refractivity contribution in [3.63, 3.8) is 0 Å². The number of hydrogen-bond donors (Lipinski definition) is 0. The fourth-order valence-electron chi connectivity index (χ4n) is 4.06. The first-order chi connectivity index (χ1) is 17.0. The van der Waals surface area contributed by atoms with E-state index in [4.69, 9.17) is 4.74 Å². The zero-order valence-electron chi connectivity index (χ0n) is 19.0. The third kappa shape index (κ3) is 4.64. The molecule has 0 amide bonds. The minimum absolute atomic E-state index is 0.117. The standard InChI is InChI=1S/C30H22F4O/c1-2-18-3-8-20(9-4-18)23-14-13-22(27(31)28(23)32)12-7-19-5-10-21(11-6-19)24-15-16-25(26-17-35-26)30(34)29(24)33/h3-16,26H,2,17H2,1H3/b12-7+. The molecule has 0 bridgehead atoms. The topological polar surface area (TPSA) is 12.5 Å². The first-order valence-corrected chi connectivity index (χ1v) is 11.4. The van der Waals surface area contributed by atoms with E-state index in [-0.39, 0.29) is 28.4 Å². The Morgan fingerprint density at radius 1 is 0.686 bits per heavy atom. The Morgan fingerprint density at radius 3 is 1.86 bits per heavy atom. The third-order valence-corrected chi connectivity index (χ3v) is 6.25. The predicted molar refractivity (Wildman–Crippen MR) is 131 cm³/mol. The number of rotatable bonds is 6. The second kappa shape index (κ2) is 9.51. The van der Waals surface area contributed by atoms with Gasteiger partial charge < -0.3 is 4.74 Å². The highest BCUT2D eigenvalue weighted by molar-refractivity contribution is 5.74. The maximum Gasteiger partial charge on any atom is 0.167 e. The van der Waals surface area contributed by atoms with Crippen LogP contribution in [0.25, 0.3) is 34.4 Å². The molecule has 5 heteroatoms. The molecule has 1 aliphatic heterocycles. The van der Waals surface area contributed by atoms with E-state index < -0.39 is 23.3 Å². The van der Waals surface area contributed by atoms with Crippen LogP contribution >= 0.6 is 0 Å². The van der Waals surface area contributed by atoms with Gasteiger partial charge in [0.1, 0.15) is 6.10 Å². The van der Waals surface area contributed by atoms with Gasteiger partial charge in [-0.3, -0.25) is 0 Å². The van der Waals surface area contributed by atoms with Crippen molar-refractivity contribution in [1.82, 2.24) is 0 Å². The van der Waals surface area contributed by atoms with Gasteiger partial charge in [-0.2, -0.15) is 0 Å². The van der Waals surface area contributed by atoms with Crippen LogP contribution in [0, 0.1) is 23.3 Å². The molecule has 0 aromatic heterocycles. The molecule has 1 atom stereocenters. The van der Waals surface area contributed by atoms with Crippen LogP contribution in [0.2, 0.25) is 0 Å². The van der Waals surface area contributed by atoms with Gasteiger partial charge in [0.2, 0.25) is 0 Å². The highest BCUT2D eigenvalue weighted by Gasteiger charge is 2.30. The molecule has 35 heavy (non-hydrogen) atoms. The molecule has 1 saturated heterocycles. The molecule has 1 fully saturated rings. The highest BCUT2D eigenvalue weighted by Crippen LogP contribution is 2.36. The minimum atomic E-state index is -0.924. The Balaban J connectivity index is 1.35. The van der Waals surface area contributed by atoms with Crippen molar-refractivity contribution in [2.24, 2.45) is 0 Å². The van der Waals surface area contributed by atoms with Gasteiger partial charge in [-0.05, 0) is 28.7 Å². The summed E-state index contributed by atoms with van der Waals surface area (Å²) in [7, 11) is 0. The van der Waals surface area contributed by atoms with Crippen molar-refractivity contribution >= 4 is 12.2 Å². The lowest BCUT2D eigenvalue weighted by Crippen LogP contribution is -1.96. The first-order valence-electron chi connectivity index (χ1n) is 11.4. The van der Waals surface area contributed by atoms with E-state index in [0.29, 0.717) is 23.3 Å². The highest BCUT2D eigenvalue weighted by atomic mass is 19.2. The van der Waals surface area contributed by atoms with E-state index in [1.165, 1.54) is 18.2 Å². The Morgan fingerprint density at radius 2 is 1.26 bits per heavy atom. The average Bonchev–Trinajstić information content (AvgIpc) is 3.72. The van der Waals surface area contributed by atoms with Gasteiger partial charge in [0.15, 0.2) is 23.3 Å². The first kappa shape index (κ1) is 23.1. The molecule has 0 saturated carbocycles. The van der Waals surface area contributed by atoms with Gasteiger partial charge in [-0.1, -0.05) is 91.9 Å². The summed E-state index contributed by atoms with van der Waals surface area (Å²) in [6.45, 7) is 2.43. The maximum absolute atomic E-state index is 14.8. The number of hydrogen-bond acceptors (Lipinski definition) is 1. The van der Waals surface area contributed by atoms with Crippen LogP contribution in [0.5, 0.6) is 0 Å². The van der Waals surface area contributed by atoms with Crippen molar-refractivity contribution in [3.05, 3.63) is 118 Å². The van der Waals surface area contributed by atoms with Crippen molar-refractivity contribution in [1.29, 1.82) is 0 Å². The van der Waals surface area contributed by atoms with Crippen LogP contribution in [0.15, 0.2) is 72.8 Å². The predicted octanol–water partition coefficient (Wildman–Crippen LogP) is 8.38. The van der Waals surface area contributed by atoms with E-state index in [1.807, 2.05) is 19.1 Å². The summed E-state index contributed by atoms with van der Waals surface area (Å²) >= 11 is 0. The van der Waals surface area contributed by atoms with E-state index >= 15 is 0 Å². The quantitative estimate of drug-likeness (QED) is 0.155. The number of epoxide rings is 1. The van der Waals surface area contributed by atoms with E-state index in [0.717, 1.165) is 12.0 Å². The third-order valence-electron chi connectivity index (χ3n) is 6.25. The van der Waals surface area contributed by atoms with Crippen LogP contribution in [0.1, 0.15) is 35.3 Å². The van der Waals surface area contributed by atoms with Crippen LogP contribution in [0.3, 0.4) is 0 Å². The maximum atomic E-state index is 14.8. The number of aryl methyl sites for hydroxylation is 1. The normalized spacial score (nSPS) is 15.1. The summed E-state index contributed by atoms with van der Waals surface area (Å²) in [5.74, 6) is -3.63. The lowest BCUT2D eigenvalue weighted by atomic mass is 9.99. The molecule has 0 spiro atoms. The van der Waals surface area contributed by atoms with Crippen molar-refractivity contribution < 1.29 is 22.3 Å². The summed E-state index contributed by atoms with van der Waals surface area (Å²) < 4.78 is 63.5. The van der Waals surface area contributed by atoms with Gasteiger partial charge >= 0.3 is 0 Å². The molecular formula is C30H22F4O. The van der Waals surface area contributed by atoms with E-state index in [1.54, 1.807) is 54.6 Å². The van der Waals surface area contributed by atoms with Crippen LogP contribution in [0.4, 0.5) is 17.6 Å². The Labute approximate surface area is 201 Å². The fourth-order valence-corrected chi connectivity index (χ4v) is 4.06. The molecule has 0 aliphatic carbocycles. The van der Waals surface area contributed by atoms with Crippen LogP contribution in [-0.4, -0.2) is 6.61 Å². The summed E-state index contributed by atoms with van der Waals surface area (Å²) in [4.78, 5) is 0.